The molecule has 2 aromatic rings. The van der Waals surface area contributed by atoms with Crippen LogP contribution in [0.1, 0.15) is 34.1 Å². The van der Waals surface area contributed by atoms with Crippen LogP contribution in [-0.4, -0.2) is 40.7 Å². The first kappa shape index (κ1) is 17.3. The summed E-state index contributed by atoms with van der Waals surface area (Å²) in [7, 11) is 1.46. The molecule has 1 fully saturated rings. The molecule has 1 aromatic heterocycles. The average Bonchev–Trinajstić information content (AvgIpc) is 2.97. The summed E-state index contributed by atoms with van der Waals surface area (Å²) in [5.41, 5.74) is 1.43. The molecule has 0 unspecified atom stereocenters. The molecule has 0 aliphatic carbocycles. The van der Waals surface area contributed by atoms with E-state index < -0.39 is 23.8 Å². The van der Waals surface area contributed by atoms with Crippen LogP contribution in [0.2, 0.25) is 0 Å². The molecule has 132 valence electrons. The van der Waals surface area contributed by atoms with E-state index in [0.717, 1.165) is 12.1 Å². The lowest BCUT2D eigenvalue weighted by atomic mass is 10.0. The molecule has 1 aliphatic heterocycles. The van der Waals surface area contributed by atoms with E-state index in [-0.39, 0.29) is 18.9 Å². The minimum Gasteiger partial charge on any atom is -0.481 e. The first-order valence-corrected chi connectivity index (χ1v) is 7.85. The fraction of sp³-hybridized carbons (Fsp3) is 0.333. The number of aliphatic hydroxyl groups is 1. The van der Waals surface area contributed by atoms with Gasteiger partial charge in [-0.3, -0.25) is 4.79 Å². The zero-order valence-corrected chi connectivity index (χ0v) is 13.9. The highest BCUT2D eigenvalue weighted by Crippen LogP contribution is 2.34. The van der Waals surface area contributed by atoms with Gasteiger partial charge in [-0.2, -0.15) is 0 Å². The lowest BCUT2D eigenvalue weighted by molar-refractivity contribution is 0.0715. The molecule has 0 saturated carbocycles. The SMILES string of the molecule is COc1cc(C(=O)N2C[C@@H](O)C[C@@H]2c2ccc(F)c(F)c2)cc(C)n1. The summed E-state index contributed by atoms with van der Waals surface area (Å²) in [5, 5.41) is 10.0. The Hall–Kier alpha value is -2.54. The average molecular weight is 348 g/mol. The van der Waals surface area contributed by atoms with E-state index >= 15 is 0 Å². The van der Waals surface area contributed by atoms with Crippen LogP contribution in [0, 0.1) is 18.6 Å². The minimum atomic E-state index is -0.979. The number of carbonyl (C=O) groups excluding carboxylic acids is 1. The predicted octanol–water partition coefficient (Wildman–Crippen LogP) is 2.62. The monoisotopic (exact) mass is 348 g/mol. The molecule has 2 atom stereocenters. The quantitative estimate of drug-likeness (QED) is 0.926. The van der Waals surface area contributed by atoms with Crippen LogP contribution in [0.3, 0.4) is 0 Å². The molecular formula is C18H18F2N2O3. The van der Waals surface area contributed by atoms with E-state index in [4.69, 9.17) is 4.74 Å². The number of pyridine rings is 1. The normalized spacial score (nSPS) is 20.0. The second-order valence-corrected chi connectivity index (χ2v) is 6.08. The standard InChI is InChI=1S/C18H18F2N2O3/c1-10-5-12(7-17(21-10)25-2)18(24)22-9-13(23)8-16(22)11-3-4-14(19)15(20)6-11/h3-7,13,16,23H,8-9H2,1-2H3/t13-,16+/m0/s1. The number of aliphatic hydroxyl groups excluding tert-OH is 1. The number of halogens is 2. The summed E-state index contributed by atoms with van der Waals surface area (Å²) in [4.78, 5) is 18.5. The number of β-amino-alcohol motifs (C(OH)–C–C–N with tert-alkyl or cyclic N) is 1. The van der Waals surface area contributed by atoms with Gasteiger partial charge >= 0.3 is 0 Å². The van der Waals surface area contributed by atoms with Crippen molar-refractivity contribution >= 4 is 5.91 Å². The molecule has 0 radical (unpaired) electrons. The molecule has 2 heterocycles. The van der Waals surface area contributed by atoms with Crippen molar-refractivity contribution in [2.24, 2.45) is 0 Å². The van der Waals surface area contributed by atoms with Crippen molar-refractivity contribution < 1.29 is 23.4 Å². The molecule has 1 amide bonds. The first-order valence-electron chi connectivity index (χ1n) is 7.85. The van der Waals surface area contributed by atoms with Crippen molar-refractivity contribution in [1.82, 2.24) is 9.88 Å². The number of methoxy groups -OCH3 is 1. The Morgan fingerprint density at radius 3 is 2.72 bits per heavy atom. The Morgan fingerprint density at radius 1 is 1.28 bits per heavy atom. The van der Waals surface area contributed by atoms with Crippen LogP contribution in [0.4, 0.5) is 8.78 Å². The molecule has 0 spiro atoms. The number of nitrogens with zero attached hydrogens (tertiary/aromatic N) is 2. The van der Waals surface area contributed by atoms with Crippen molar-refractivity contribution in [2.75, 3.05) is 13.7 Å². The van der Waals surface area contributed by atoms with Gasteiger partial charge in [0.05, 0.1) is 19.3 Å². The van der Waals surface area contributed by atoms with Gasteiger partial charge in [-0.25, -0.2) is 13.8 Å². The van der Waals surface area contributed by atoms with Gasteiger partial charge in [0.2, 0.25) is 5.88 Å². The van der Waals surface area contributed by atoms with Crippen LogP contribution in [0.15, 0.2) is 30.3 Å². The lowest BCUT2D eigenvalue weighted by Crippen LogP contribution is -2.32. The molecule has 7 heteroatoms. The Morgan fingerprint density at radius 2 is 2.04 bits per heavy atom. The summed E-state index contributed by atoms with van der Waals surface area (Å²) in [5.74, 6) is -1.94. The Kier molecular flexibility index (Phi) is 4.67. The van der Waals surface area contributed by atoms with Crippen LogP contribution >= 0.6 is 0 Å². The second-order valence-electron chi connectivity index (χ2n) is 6.08. The maximum atomic E-state index is 13.6. The summed E-state index contributed by atoms with van der Waals surface area (Å²) < 4.78 is 31.8. The number of benzene rings is 1. The van der Waals surface area contributed by atoms with Gasteiger partial charge in [0.25, 0.3) is 5.91 Å². The van der Waals surface area contributed by atoms with Crippen molar-refractivity contribution in [2.45, 2.75) is 25.5 Å². The Balaban J connectivity index is 1.94. The number of likely N-dealkylation sites (tertiary alicyclic amines) is 1. The van der Waals surface area contributed by atoms with E-state index in [0.29, 0.717) is 22.7 Å². The largest absolute Gasteiger partial charge is 0.481 e. The fourth-order valence-electron chi connectivity index (χ4n) is 3.11. The number of aryl methyl sites for hydroxylation is 1. The molecule has 25 heavy (non-hydrogen) atoms. The van der Waals surface area contributed by atoms with E-state index in [1.807, 2.05) is 0 Å². The number of hydrogen-bond acceptors (Lipinski definition) is 4. The molecule has 3 rings (SSSR count). The number of aromatic nitrogens is 1. The van der Waals surface area contributed by atoms with Crippen LogP contribution < -0.4 is 4.74 Å². The van der Waals surface area contributed by atoms with Crippen LogP contribution in [-0.2, 0) is 0 Å². The van der Waals surface area contributed by atoms with E-state index in [2.05, 4.69) is 4.98 Å². The van der Waals surface area contributed by atoms with E-state index in [9.17, 15) is 18.7 Å². The third kappa shape index (κ3) is 3.46. The van der Waals surface area contributed by atoms with Gasteiger partial charge in [-0.1, -0.05) is 6.07 Å². The third-order valence-corrected chi connectivity index (χ3v) is 4.25. The van der Waals surface area contributed by atoms with E-state index in [1.54, 1.807) is 13.0 Å². The molecule has 1 aromatic carbocycles. The molecule has 1 saturated heterocycles. The lowest BCUT2D eigenvalue weighted by Gasteiger charge is -2.25. The van der Waals surface area contributed by atoms with Gasteiger partial charge in [-0.05, 0) is 37.1 Å². The number of ether oxygens (including phenoxy) is 1. The molecule has 5 nitrogen and oxygen atoms in total. The minimum absolute atomic E-state index is 0.117. The van der Waals surface area contributed by atoms with E-state index in [1.165, 1.54) is 24.1 Å². The van der Waals surface area contributed by atoms with Crippen LogP contribution in [0.25, 0.3) is 0 Å². The highest BCUT2D eigenvalue weighted by molar-refractivity contribution is 5.95. The third-order valence-electron chi connectivity index (χ3n) is 4.25. The van der Waals surface area contributed by atoms with Gasteiger partial charge in [0, 0.05) is 23.9 Å². The fourth-order valence-corrected chi connectivity index (χ4v) is 3.11. The van der Waals surface area contributed by atoms with Gasteiger partial charge < -0.3 is 14.7 Å². The van der Waals surface area contributed by atoms with Gasteiger partial charge in [-0.15, -0.1) is 0 Å². The number of carbonyl (C=O) groups is 1. The second kappa shape index (κ2) is 6.76. The van der Waals surface area contributed by atoms with Crippen molar-refractivity contribution in [3.63, 3.8) is 0 Å². The summed E-state index contributed by atoms with van der Waals surface area (Å²) in [6.07, 6.45) is -0.468. The number of amides is 1. The Bertz CT molecular complexity index is 813. The highest BCUT2D eigenvalue weighted by Gasteiger charge is 2.36. The molecular weight excluding hydrogens is 330 g/mol. The summed E-state index contributed by atoms with van der Waals surface area (Å²) >= 11 is 0. The maximum absolute atomic E-state index is 13.6. The van der Waals surface area contributed by atoms with Crippen molar-refractivity contribution in [3.05, 3.63) is 58.8 Å². The molecule has 1 aliphatic rings. The molecule has 1 N–H and O–H groups in total. The van der Waals surface area contributed by atoms with Crippen LogP contribution in [0.5, 0.6) is 5.88 Å². The number of hydrogen-bond donors (Lipinski definition) is 1. The smallest absolute Gasteiger partial charge is 0.254 e. The Labute approximate surface area is 143 Å². The first-order chi connectivity index (χ1) is 11.9. The zero-order valence-electron chi connectivity index (χ0n) is 13.9. The van der Waals surface area contributed by atoms with Crippen molar-refractivity contribution in [3.8, 4) is 5.88 Å². The zero-order chi connectivity index (χ0) is 18.1. The molecule has 0 bridgehead atoms. The van der Waals surface area contributed by atoms with Crippen molar-refractivity contribution in [1.29, 1.82) is 0 Å². The highest BCUT2D eigenvalue weighted by atomic mass is 19.2. The maximum Gasteiger partial charge on any atom is 0.254 e. The predicted molar refractivity (Wildman–Crippen MR) is 86.3 cm³/mol. The van der Waals surface area contributed by atoms with Gasteiger partial charge in [0.1, 0.15) is 0 Å². The summed E-state index contributed by atoms with van der Waals surface area (Å²) in [6.45, 7) is 1.86. The topological polar surface area (TPSA) is 62.7 Å². The number of rotatable bonds is 3. The summed E-state index contributed by atoms with van der Waals surface area (Å²) in [6, 6.07) is 6.13. The van der Waals surface area contributed by atoms with Gasteiger partial charge in [0.15, 0.2) is 11.6 Å².